The first-order valence-electron chi connectivity index (χ1n) is 14.8. The van der Waals surface area contributed by atoms with Gasteiger partial charge in [-0.15, -0.1) is 5.10 Å². The van der Waals surface area contributed by atoms with Crippen molar-refractivity contribution >= 4 is 35.0 Å². The summed E-state index contributed by atoms with van der Waals surface area (Å²) in [4.78, 5) is 53.6. The van der Waals surface area contributed by atoms with Gasteiger partial charge in [0.1, 0.15) is 11.4 Å². The molecule has 3 aromatic rings. The van der Waals surface area contributed by atoms with Crippen molar-refractivity contribution < 1.29 is 23.9 Å². The van der Waals surface area contributed by atoms with Crippen molar-refractivity contribution in [2.45, 2.75) is 46.6 Å². The molecular weight excluding hydrogens is 550 g/mol. The second-order valence-electron chi connectivity index (χ2n) is 13.3. The molecule has 0 bridgehead atoms. The summed E-state index contributed by atoms with van der Waals surface area (Å²) in [6.45, 7) is 13.6. The van der Waals surface area contributed by atoms with Crippen molar-refractivity contribution in [2.75, 3.05) is 56.2 Å². The van der Waals surface area contributed by atoms with Crippen LogP contribution >= 0.6 is 0 Å². The average molecular weight is 590 g/mol. The maximum absolute atomic E-state index is 13.5. The zero-order valence-corrected chi connectivity index (χ0v) is 25.7. The summed E-state index contributed by atoms with van der Waals surface area (Å²) in [6, 6.07) is 7.39. The number of likely N-dealkylation sites (tertiary alicyclic amines) is 1. The van der Waals surface area contributed by atoms with Crippen LogP contribution in [0.25, 0.3) is 5.65 Å². The number of rotatable bonds is 5. The third-order valence-corrected chi connectivity index (χ3v) is 8.75. The zero-order chi connectivity index (χ0) is 30.7. The number of carbonyl (C=O) groups excluding carboxylic acids is 3. The number of anilines is 2. The Labute approximate surface area is 251 Å². The van der Waals surface area contributed by atoms with Crippen LogP contribution in [0.1, 0.15) is 60.8 Å². The summed E-state index contributed by atoms with van der Waals surface area (Å²) in [6.07, 6.45) is 2.58. The predicted molar refractivity (Wildman–Crippen MR) is 159 cm³/mol. The van der Waals surface area contributed by atoms with E-state index in [1.54, 1.807) is 10.6 Å². The van der Waals surface area contributed by atoms with E-state index in [4.69, 9.17) is 9.47 Å². The summed E-state index contributed by atoms with van der Waals surface area (Å²) in [7, 11) is 1.34. The van der Waals surface area contributed by atoms with E-state index in [2.05, 4.69) is 24.9 Å². The molecule has 3 unspecified atom stereocenters. The third kappa shape index (κ3) is 5.50. The van der Waals surface area contributed by atoms with Gasteiger partial charge in [0, 0.05) is 51.1 Å². The lowest BCUT2D eigenvalue weighted by Crippen LogP contribution is -2.38. The van der Waals surface area contributed by atoms with E-state index in [1.807, 2.05) is 63.9 Å². The molecule has 3 aliphatic rings. The molecule has 3 saturated heterocycles. The van der Waals surface area contributed by atoms with E-state index < -0.39 is 17.0 Å². The first-order valence-corrected chi connectivity index (χ1v) is 14.8. The van der Waals surface area contributed by atoms with Gasteiger partial charge >= 0.3 is 11.9 Å². The normalized spacial score (nSPS) is 23.6. The van der Waals surface area contributed by atoms with E-state index in [-0.39, 0.29) is 23.4 Å². The minimum Gasteiger partial charge on any atom is -0.464 e. The number of hydrogen-bond acceptors (Lipinski definition) is 10. The molecule has 0 radical (unpaired) electrons. The highest BCUT2D eigenvalue weighted by molar-refractivity contribution is 5.91. The van der Waals surface area contributed by atoms with Gasteiger partial charge in [-0.1, -0.05) is 6.07 Å². The molecule has 1 amide bonds. The lowest BCUT2D eigenvalue weighted by molar-refractivity contribution is -0.165. The third-order valence-electron chi connectivity index (χ3n) is 8.75. The van der Waals surface area contributed by atoms with Crippen LogP contribution in [0.15, 0.2) is 30.5 Å². The van der Waals surface area contributed by atoms with Gasteiger partial charge in [0.15, 0.2) is 11.3 Å². The quantitative estimate of drug-likeness (QED) is 0.411. The monoisotopic (exact) mass is 589 g/mol. The van der Waals surface area contributed by atoms with Crippen LogP contribution in [0.3, 0.4) is 0 Å². The van der Waals surface area contributed by atoms with Crippen molar-refractivity contribution in [3.8, 4) is 0 Å². The second kappa shape index (κ2) is 10.5. The number of carbonyl (C=O) groups is 3. The molecule has 12 nitrogen and oxygen atoms in total. The average Bonchev–Trinajstić information content (AvgIpc) is 3.74. The van der Waals surface area contributed by atoms with Crippen LogP contribution in [0, 0.1) is 24.2 Å². The largest absolute Gasteiger partial charge is 0.464 e. The summed E-state index contributed by atoms with van der Waals surface area (Å²) < 4.78 is 12.2. The topological polar surface area (TPSA) is 122 Å². The fourth-order valence-electron chi connectivity index (χ4n) is 6.45. The molecule has 12 heteroatoms. The molecule has 0 spiro atoms. The molecule has 3 aliphatic heterocycles. The molecule has 3 atom stereocenters. The number of nitrogens with zero attached hydrogens (tertiary/aromatic N) is 7. The Kier molecular flexibility index (Phi) is 7.05. The van der Waals surface area contributed by atoms with E-state index in [1.165, 1.54) is 7.11 Å². The number of hydrogen-bond donors (Lipinski definition) is 0. The molecule has 3 fully saturated rings. The predicted octanol–water partition coefficient (Wildman–Crippen LogP) is 2.99. The van der Waals surface area contributed by atoms with Gasteiger partial charge in [-0.05, 0) is 64.8 Å². The van der Waals surface area contributed by atoms with E-state index >= 15 is 0 Å². The molecule has 6 rings (SSSR count). The van der Waals surface area contributed by atoms with Crippen molar-refractivity contribution in [2.24, 2.45) is 17.3 Å². The number of aryl methyl sites for hydroxylation is 1. The van der Waals surface area contributed by atoms with Crippen LogP contribution in [0.2, 0.25) is 0 Å². The maximum atomic E-state index is 13.5. The van der Waals surface area contributed by atoms with Crippen molar-refractivity contribution in [3.63, 3.8) is 0 Å². The second-order valence-corrected chi connectivity index (χ2v) is 13.3. The van der Waals surface area contributed by atoms with Gasteiger partial charge < -0.3 is 24.2 Å². The van der Waals surface area contributed by atoms with E-state index in [9.17, 15) is 14.4 Å². The molecule has 0 aromatic carbocycles. The number of methoxy groups -OCH3 is 1. The van der Waals surface area contributed by atoms with Gasteiger partial charge in [0.2, 0.25) is 5.82 Å². The van der Waals surface area contributed by atoms with Crippen molar-refractivity contribution in [1.29, 1.82) is 0 Å². The molecule has 228 valence electrons. The van der Waals surface area contributed by atoms with Crippen molar-refractivity contribution in [1.82, 2.24) is 24.5 Å². The van der Waals surface area contributed by atoms with Gasteiger partial charge in [0.05, 0.1) is 24.4 Å². The summed E-state index contributed by atoms with van der Waals surface area (Å²) in [5.41, 5.74) is 1.64. The fourth-order valence-corrected chi connectivity index (χ4v) is 6.45. The highest BCUT2D eigenvalue weighted by atomic mass is 16.6. The van der Waals surface area contributed by atoms with Crippen LogP contribution in [0.5, 0.6) is 0 Å². The Morgan fingerprint density at radius 2 is 1.74 bits per heavy atom. The van der Waals surface area contributed by atoms with Crippen molar-refractivity contribution in [3.05, 3.63) is 47.5 Å². The number of aromatic nitrogens is 4. The summed E-state index contributed by atoms with van der Waals surface area (Å²) in [5, 5.41) is 4.59. The molecule has 0 aliphatic carbocycles. The highest BCUT2D eigenvalue weighted by Crippen LogP contribution is 2.37. The molecule has 0 N–H and O–H groups in total. The van der Waals surface area contributed by atoms with Gasteiger partial charge in [-0.3, -0.25) is 9.59 Å². The zero-order valence-electron chi connectivity index (χ0n) is 25.7. The molecule has 43 heavy (non-hydrogen) atoms. The minimum absolute atomic E-state index is 0.171. The SMILES string of the molecule is COC(=O)c1cccc(N2CC3CN(C(=O)c4nc5c(C)cc(N6CCC(C)(C(=O)OC(C)(C)C)C6)cn5n4)CC3C2)n1. The maximum Gasteiger partial charge on any atom is 0.356 e. The Balaban J connectivity index is 1.12. The number of amides is 1. The number of pyridine rings is 2. The number of fused-ring (bicyclic) bond motifs is 2. The molecular formula is C31H39N7O5. The van der Waals surface area contributed by atoms with Gasteiger partial charge in [-0.25, -0.2) is 19.3 Å². The van der Waals surface area contributed by atoms with Crippen LogP contribution in [-0.2, 0) is 14.3 Å². The lowest BCUT2D eigenvalue weighted by atomic mass is 9.90. The number of ether oxygens (including phenoxy) is 2. The van der Waals surface area contributed by atoms with E-state index in [0.29, 0.717) is 43.5 Å². The Morgan fingerprint density at radius 1 is 1.02 bits per heavy atom. The van der Waals surface area contributed by atoms with Crippen LogP contribution in [0.4, 0.5) is 11.5 Å². The highest BCUT2D eigenvalue weighted by Gasteiger charge is 2.44. The molecule has 0 saturated carbocycles. The first-order chi connectivity index (χ1) is 20.3. The minimum atomic E-state index is -0.594. The lowest BCUT2D eigenvalue weighted by Gasteiger charge is -2.28. The van der Waals surface area contributed by atoms with Crippen LogP contribution in [-0.4, -0.2) is 94.3 Å². The summed E-state index contributed by atoms with van der Waals surface area (Å²) >= 11 is 0. The van der Waals surface area contributed by atoms with Gasteiger partial charge in [0.25, 0.3) is 5.91 Å². The Bertz CT molecular complexity index is 1580. The van der Waals surface area contributed by atoms with Gasteiger partial charge in [-0.2, -0.15) is 0 Å². The smallest absolute Gasteiger partial charge is 0.356 e. The van der Waals surface area contributed by atoms with E-state index in [0.717, 1.165) is 36.7 Å². The summed E-state index contributed by atoms with van der Waals surface area (Å²) in [5.74, 6) is 0.714. The standard InChI is InChI=1S/C31H39N7O5/c1-19-12-22(35-11-10-31(5,18-35)29(41)43-30(2,3)4)17-38-26(19)33-25(34-38)27(39)37-15-20-13-36(14-21(20)16-37)24-9-7-8-23(32-24)28(40)42-6/h7-9,12,17,20-21H,10-11,13-16,18H2,1-6H3. The molecule has 3 aromatic heterocycles. The Morgan fingerprint density at radius 3 is 2.42 bits per heavy atom. The molecule has 6 heterocycles. The Hall–Kier alpha value is -4.22. The number of esters is 2. The first kappa shape index (κ1) is 28.9. The fraction of sp³-hybridized carbons (Fsp3) is 0.548. The van der Waals surface area contributed by atoms with Crippen LogP contribution < -0.4 is 9.80 Å².